The van der Waals surface area contributed by atoms with Crippen molar-refractivity contribution in [3.8, 4) is 5.75 Å². The van der Waals surface area contributed by atoms with Crippen LogP contribution in [0.2, 0.25) is 0 Å². The molecule has 1 unspecified atom stereocenters. The van der Waals surface area contributed by atoms with E-state index in [9.17, 15) is 13.2 Å². The number of rotatable bonds is 2. The fourth-order valence-electron chi connectivity index (χ4n) is 2.94. The summed E-state index contributed by atoms with van der Waals surface area (Å²) < 4.78 is 44.5. The third-order valence-electron chi connectivity index (χ3n) is 4.02. The van der Waals surface area contributed by atoms with Crippen molar-refractivity contribution in [1.29, 1.82) is 0 Å². The van der Waals surface area contributed by atoms with Crippen molar-refractivity contribution in [1.82, 2.24) is 0 Å². The molecule has 0 radical (unpaired) electrons. The van der Waals surface area contributed by atoms with E-state index >= 15 is 0 Å². The molecule has 0 aromatic heterocycles. The van der Waals surface area contributed by atoms with Crippen molar-refractivity contribution in [2.45, 2.75) is 25.6 Å². The first-order valence-electron chi connectivity index (χ1n) is 7.00. The maximum atomic E-state index is 13.1. The Morgan fingerprint density at radius 1 is 1.18 bits per heavy atom. The number of alkyl halides is 3. The minimum absolute atomic E-state index is 0.150. The van der Waals surface area contributed by atoms with E-state index in [1.807, 2.05) is 25.1 Å². The predicted molar refractivity (Wildman–Crippen MR) is 79.2 cm³/mol. The van der Waals surface area contributed by atoms with Crippen LogP contribution in [-0.2, 0) is 12.6 Å². The van der Waals surface area contributed by atoms with Gasteiger partial charge in [0.15, 0.2) is 0 Å². The maximum Gasteiger partial charge on any atom is 0.418 e. The van der Waals surface area contributed by atoms with Gasteiger partial charge in [-0.3, -0.25) is 0 Å². The number of methoxy groups -OCH3 is 1. The molecule has 2 aromatic rings. The Hall–Kier alpha value is -2.17. The fraction of sp³-hybridized carbons (Fsp3) is 0.294. The Morgan fingerprint density at radius 3 is 2.59 bits per heavy atom. The van der Waals surface area contributed by atoms with E-state index in [0.717, 1.165) is 22.9 Å². The smallest absolute Gasteiger partial charge is 0.418 e. The number of nitrogens with one attached hydrogen (secondary N) is 1. The second kappa shape index (κ2) is 5.23. The summed E-state index contributed by atoms with van der Waals surface area (Å²) >= 11 is 0. The third kappa shape index (κ3) is 2.51. The van der Waals surface area contributed by atoms with Crippen LogP contribution in [0.15, 0.2) is 36.4 Å². The summed E-state index contributed by atoms with van der Waals surface area (Å²) in [6.07, 6.45) is -3.80. The number of ether oxygens (including phenoxy) is 1. The highest BCUT2D eigenvalue weighted by atomic mass is 19.4. The van der Waals surface area contributed by atoms with Crippen molar-refractivity contribution >= 4 is 5.69 Å². The van der Waals surface area contributed by atoms with Gasteiger partial charge in [-0.25, -0.2) is 0 Å². The molecule has 0 saturated carbocycles. The van der Waals surface area contributed by atoms with Gasteiger partial charge in [-0.2, -0.15) is 13.2 Å². The van der Waals surface area contributed by atoms with E-state index in [1.165, 1.54) is 6.07 Å². The van der Waals surface area contributed by atoms with Gasteiger partial charge in [0.1, 0.15) is 5.75 Å². The number of anilines is 1. The van der Waals surface area contributed by atoms with E-state index in [-0.39, 0.29) is 11.7 Å². The lowest BCUT2D eigenvalue weighted by atomic mass is 10.00. The largest absolute Gasteiger partial charge is 0.496 e. The van der Waals surface area contributed by atoms with Gasteiger partial charge in [0.05, 0.1) is 24.4 Å². The van der Waals surface area contributed by atoms with E-state index < -0.39 is 11.7 Å². The van der Waals surface area contributed by atoms with Crippen LogP contribution in [0.25, 0.3) is 0 Å². The topological polar surface area (TPSA) is 21.3 Å². The van der Waals surface area contributed by atoms with Gasteiger partial charge < -0.3 is 10.1 Å². The molecule has 0 fully saturated rings. The van der Waals surface area contributed by atoms with Gasteiger partial charge in [0.25, 0.3) is 0 Å². The average Bonchev–Trinajstić information content (AvgIpc) is 2.89. The van der Waals surface area contributed by atoms with Crippen LogP contribution in [0.1, 0.15) is 28.3 Å². The van der Waals surface area contributed by atoms with Crippen LogP contribution >= 0.6 is 0 Å². The summed E-state index contributed by atoms with van der Waals surface area (Å²) in [6.45, 7) is 1.92. The van der Waals surface area contributed by atoms with Gasteiger partial charge in [-0.15, -0.1) is 0 Å². The number of fused-ring (bicyclic) bond motifs is 1. The second-order valence-corrected chi connectivity index (χ2v) is 5.47. The van der Waals surface area contributed by atoms with Crippen molar-refractivity contribution in [3.05, 3.63) is 58.7 Å². The lowest BCUT2D eigenvalue weighted by Crippen LogP contribution is -2.10. The molecule has 0 amide bonds. The second-order valence-electron chi connectivity index (χ2n) is 5.47. The number of hydrogen-bond donors (Lipinski definition) is 1. The van der Waals surface area contributed by atoms with Gasteiger partial charge in [-0.05, 0) is 42.2 Å². The molecule has 0 spiro atoms. The molecular formula is C17H16F3NO. The summed E-state index contributed by atoms with van der Waals surface area (Å²) in [5.74, 6) is 0.773. The first-order chi connectivity index (χ1) is 10.4. The number of benzene rings is 2. The highest BCUT2D eigenvalue weighted by Gasteiger charge is 2.37. The molecule has 5 heteroatoms. The van der Waals surface area contributed by atoms with Gasteiger partial charge in [0.2, 0.25) is 0 Å². The molecular weight excluding hydrogens is 291 g/mol. The van der Waals surface area contributed by atoms with Crippen LogP contribution < -0.4 is 10.1 Å². The van der Waals surface area contributed by atoms with E-state index in [2.05, 4.69) is 5.32 Å². The Kier molecular flexibility index (Phi) is 3.51. The summed E-state index contributed by atoms with van der Waals surface area (Å²) in [5, 5.41) is 3.03. The van der Waals surface area contributed by atoms with Gasteiger partial charge in [-0.1, -0.05) is 24.3 Å². The normalized spacial score (nSPS) is 17.0. The molecule has 0 bridgehead atoms. The first kappa shape index (κ1) is 14.8. The van der Waals surface area contributed by atoms with Crippen molar-refractivity contribution in [2.24, 2.45) is 0 Å². The molecule has 1 aliphatic rings. The quantitative estimate of drug-likeness (QED) is 0.866. The van der Waals surface area contributed by atoms with Crippen molar-refractivity contribution in [2.75, 3.05) is 12.4 Å². The summed E-state index contributed by atoms with van der Waals surface area (Å²) in [7, 11) is 1.60. The van der Waals surface area contributed by atoms with Crippen LogP contribution in [0.5, 0.6) is 5.75 Å². The highest BCUT2D eigenvalue weighted by molar-refractivity contribution is 5.64. The summed E-state index contributed by atoms with van der Waals surface area (Å²) in [5.41, 5.74) is 2.23. The molecule has 1 atom stereocenters. The van der Waals surface area contributed by atoms with E-state index in [4.69, 9.17) is 4.74 Å². The molecule has 1 aliphatic heterocycles. The van der Waals surface area contributed by atoms with Crippen molar-refractivity contribution in [3.63, 3.8) is 0 Å². The third-order valence-corrected chi connectivity index (χ3v) is 4.02. The van der Waals surface area contributed by atoms with Crippen LogP contribution in [0.4, 0.5) is 18.9 Å². The molecule has 2 nitrogen and oxygen atoms in total. The first-order valence-corrected chi connectivity index (χ1v) is 7.00. The maximum absolute atomic E-state index is 13.1. The Labute approximate surface area is 126 Å². The predicted octanol–water partition coefficient (Wildman–Crippen LogP) is 4.73. The number of para-hydroxylation sites is 1. The van der Waals surface area contributed by atoms with E-state index in [1.54, 1.807) is 13.2 Å². The lowest BCUT2D eigenvalue weighted by molar-refractivity contribution is -0.136. The Morgan fingerprint density at radius 2 is 1.95 bits per heavy atom. The number of aryl methyl sites for hydroxylation is 1. The standard InChI is InChI=1S/C17H16F3NO/c1-10-8-11(6-7-15(10)22-2)14-9-12-4-3-5-13(16(12)21-14)17(18,19)20/h3-8,14,21H,9H2,1-2H3. The average molecular weight is 307 g/mol. The zero-order valence-corrected chi connectivity index (χ0v) is 12.3. The zero-order chi connectivity index (χ0) is 15.9. The summed E-state index contributed by atoms with van der Waals surface area (Å²) in [4.78, 5) is 0. The minimum Gasteiger partial charge on any atom is -0.496 e. The molecule has 1 heterocycles. The molecule has 0 saturated heterocycles. The monoisotopic (exact) mass is 307 g/mol. The Bertz CT molecular complexity index is 710. The number of halogens is 3. The fourth-order valence-corrected chi connectivity index (χ4v) is 2.94. The minimum atomic E-state index is -4.34. The van der Waals surface area contributed by atoms with Crippen LogP contribution in [-0.4, -0.2) is 7.11 Å². The molecule has 2 aromatic carbocycles. The van der Waals surface area contributed by atoms with E-state index in [0.29, 0.717) is 12.0 Å². The molecule has 3 rings (SSSR count). The molecule has 116 valence electrons. The highest BCUT2D eigenvalue weighted by Crippen LogP contribution is 2.43. The van der Waals surface area contributed by atoms with Gasteiger partial charge in [0, 0.05) is 0 Å². The molecule has 22 heavy (non-hydrogen) atoms. The van der Waals surface area contributed by atoms with Gasteiger partial charge >= 0.3 is 6.18 Å². The zero-order valence-electron chi connectivity index (χ0n) is 12.3. The van der Waals surface area contributed by atoms with Crippen molar-refractivity contribution < 1.29 is 17.9 Å². The lowest BCUT2D eigenvalue weighted by Gasteiger charge is -2.16. The Balaban J connectivity index is 1.93. The number of hydrogen-bond acceptors (Lipinski definition) is 2. The van der Waals surface area contributed by atoms with Crippen LogP contribution in [0, 0.1) is 6.92 Å². The van der Waals surface area contributed by atoms with Crippen LogP contribution in [0.3, 0.4) is 0 Å². The molecule has 1 N–H and O–H groups in total. The SMILES string of the molecule is COc1ccc(C2Cc3cccc(C(F)(F)F)c3N2)cc1C. The summed E-state index contributed by atoms with van der Waals surface area (Å²) in [6, 6.07) is 9.87. The molecule has 0 aliphatic carbocycles.